The van der Waals surface area contributed by atoms with Gasteiger partial charge in [0.2, 0.25) is 5.91 Å². The van der Waals surface area contributed by atoms with Crippen LogP contribution in [0.3, 0.4) is 0 Å². The van der Waals surface area contributed by atoms with Crippen molar-refractivity contribution in [2.24, 2.45) is 0 Å². The highest BCUT2D eigenvalue weighted by atomic mass is 127. The van der Waals surface area contributed by atoms with E-state index >= 15 is 0 Å². The van der Waals surface area contributed by atoms with Crippen LogP contribution in [-0.2, 0) is 9.53 Å². The van der Waals surface area contributed by atoms with E-state index in [1.165, 1.54) is 7.11 Å². The van der Waals surface area contributed by atoms with Crippen molar-refractivity contribution in [3.05, 3.63) is 21.8 Å². The lowest BCUT2D eigenvalue weighted by Gasteiger charge is -2.20. The van der Waals surface area contributed by atoms with E-state index in [0.29, 0.717) is 7.14 Å². The Kier molecular flexibility index (Phi) is 12.9. The second-order valence-electron chi connectivity index (χ2n) is 6.14. The van der Waals surface area contributed by atoms with Gasteiger partial charge in [-0.05, 0) is 67.8 Å². The zero-order chi connectivity index (χ0) is 23.7. The third kappa shape index (κ3) is 8.16. The fourth-order valence-electron chi connectivity index (χ4n) is 2.21. The molecule has 14 heteroatoms. The number of ether oxygens (including phenoxy) is 1. The number of amides is 3. The van der Waals surface area contributed by atoms with E-state index < -0.39 is 43.1 Å². The van der Waals surface area contributed by atoms with E-state index in [-0.39, 0.29) is 40.1 Å². The number of benzene rings is 1. The van der Waals surface area contributed by atoms with Crippen LogP contribution in [0.5, 0.6) is 0 Å². The highest BCUT2D eigenvalue weighted by Gasteiger charge is 2.29. The van der Waals surface area contributed by atoms with Crippen LogP contribution in [0.1, 0.15) is 20.7 Å². The van der Waals surface area contributed by atoms with Gasteiger partial charge in [0.05, 0.1) is 49.4 Å². The third-order valence-electron chi connectivity index (χ3n) is 3.73. The van der Waals surface area contributed by atoms with Crippen LogP contribution in [0.2, 0.25) is 0 Å². The van der Waals surface area contributed by atoms with E-state index in [1.54, 1.807) is 0 Å². The summed E-state index contributed by atoms with van der Waals surface area (Å²) >= 11 is 5.57. The predicted octanol–water partition coefficient (Wildman–Crippen LogP) is -0.749. The number of aliphatic hydroxyl groups excluding tert-OH is 4. The summed E-state index contributed by atoms with van der Waals surface area (Å²) in [7, 11) is 1.35. The lowest BCUT2D eigenvalue weighted by atomic mass is 10.1. The van der Waals surface area contributed by atoms with E-state index in [1.807, 2.05) is 67.8 Å². The van der Waals surface area contributed by atoms with Gasteiger partial charge in [-0.3, -0.25) is 14.4 Å². The number of carbonyl (C=O) groups excluding carboxylic acids is 3. The van der Waals surface area contributed by atoms with E-state index in [0.717, 1.165) is 0 Å². The maximum atomic E-state index is 12.8. The number of halogens is 3. The number of hydrogen-bond acceptors (Lipinski definition) is 8. The molecule has 174 valence electrons. The normalized spacial score (nSPS) is 12.8. The lowest BCUT2D eigenvalue weighted by molar-refractivity contribution is -0.119. The van der Waals surface area contributed by atoms with Crippen molar-refractivity contribution in [2.45, 2.75) is 12.2 Å². The average Bonchev–Trinajstić information content (AvgIpc) is 2.73. The van der Waals surface area contributed by atoms with Crippen molar-refractivity contribution in [2.75, 3.05) is 45.3 Å². The Bertz CT molecular complexity index is 771. The summed E-state index contributed by atoms with van der Waals surface area (Å²) in [5.41, 5.74) is 0.407. The highest BCUT2D eigenvalue weighted by molar-refractivity contribution is 14.1. The second kappa shape index (κ2) is 14.0. The Morgan fingerprint density at radius 1 is 0.871 bits per heavy atom. The lowest BCUT2D eigenvalue weighted by Crippen LogP contribution is -2.37. The SMILES string of the molecule is COCC(=O)Nc1c(I)c(C(=O)NCC(O)CO)c(I)c(C(=O)NCC(O)CO)c1I. The first-order chi connectivity index (χ1) is 14.6. The molecule has 7 N–H and O–H groups in total. The van der Waals surface area contributed by atoms with Crippen LogP contribution in [0.15, 0.2) is 0 Å². The van der Waals surface area contributed by atoms with Gasteiger partial charge in [0.25, 0.3) is 11.8 Å². The summed E-state index contributed by atoms with van der Waals surface area (Å²) < 4.78 is 5.81. The minimum atomic E-state index is -1.16. The van der Waals surface area contributed by atoms with Gasteiger partial charge < -0.3 is 41.1 Å². The minimum absolute atomic E-state index is 0.0901. The zero-order valence-electron chi connectivity index (χ0n) is 16.2. The number of hydrogen-bond donors (Lipinski definition) is 7. The van der Waals surface area contributed by atoms with Crippen molar-refractivity contribution < 1.29 is 39.5 Å². The van der Waals surface area contributed by atoms with Crippen molar-refractivity contribution in [1.29, 1.82) is 0 Å². The summed E-state index contributed by atoms with van der Waals surface area (Å²) in [5.74, 6) is -1.74. The molecule has 0 fully saturated rings. The topological polar surface area (TPSA) is 177 Å². The Hall–Kier alpha value is -0.380. The summed E-state index contributed by atoms with van der Waals surface area (Å²) in [6, 6.07) is 0. The van der Waals surface area contributed by atoms with Crippen molar-refractivity contribution >= 4 is 91.2 Å². The van der Waals surface area contributed by atoms with Crippen molar-refractivity contribution in [3.63, 3.8) is 0 Å². The largest absolute Gasteiger partial charge is 0.394 e. The van der Waals surface area contributed by atoms with Gasteiger partial charge in [-0.2, -0.15) is 0 Å². The van der Waals surface area contributed by atoms with Gasteiger partial charge in [-0.25, -0.2) is 0 Å². The molecule has 31 heavy (non-hydrogen) atoms. The first-order valence-corrected chi connectivity index (χ1v) is 12.0. The number of nitrogens with one attached hydrogen (secondary N) is 3. The zero-order valence-corrected chi connectivity index (χ0v) is 22.7. The fourth-order valence-corrected chi connectivity index (χ4v) is 6.62. The smallest absolute Gasteiger partial charge is 0.253 e. The summed E-state index contributed by atoms with van der Waals surface area (Å²) in [6.45, 7) is -1.76. The third-order valence-corrected chi connectivity index (χ3v) is 6.97. The molecule has 2 unspecified atom stereocenters. The molecule has 0 radical (unpaired) electrons. The first kappa shape index (κ1) is 28.7. The maximum absolute atomic E-state index is 12.8. The quantitative estimate of drug-likeness (QED) is 0.144. The summed E-state index contributed by atoms with van der Waals surface area (Å²) in [6.07, 6.45) is -2.32. The second-order valence-corrected chi connectivity index (χ2v) is 9.38. The van der Waals surface area contributed by atoms with Crippen LogP contribution < -0.4 is 16.0 Å². The Morgan fingerprint density at radius 2 is 1.29 bits per heavy atom. The molecular weight excluding hydrogens is 755 g/mol. The van der Waals surface area contributed by atoms with Crippen LogP contribution in [0.4, 0.5) is 5.69 Å². The molecule has 0 spiro atoms. The average molecular weight is 777 g/mol. The number of carbonyl (C=O) groups is 3. The van der Waals surface area contributed by atoms with Crippen LogP contribution >= 0.6 is 67.8 Å². The van der Waals surface area contributed by atoms with Crippen LogP contribution in [0, 0.1) is 10.7 Å². The van der Waals surface area contributed by atoms with E-state index in [2.05, 4.69) is 16.0 Å². The van der Waals surface area contributed by atoms with Gasteiger partial charge in [0.1, 0.15) is 6.61 Å². The summed E-state index contributed by atoms with van der Waals surface area (Å²) in [5, 5.41) is 44.5. The summed E-state index contributed by atoms with van der Waals surface area (Å²) in [4.78, 5) is 37.7. The van der Waals surface area contributed by atoms with E-state index in [9.17, 15) is 24.6 Å². The monoisotopic (exact) mass is 777 g/mol. The Morgan fingerprint density at radius 3 is 1.65 bits per heavy atom. The molecule has 0 aromatic heterocycles. The molecule has 1 rings (SSSR count). The Labute approximate surface area is 219 Å². The predicted molar refractivity (Wildman–Crippen MR) is 136 cm³/mol. The fraction of sp³-hybridized carbons (Fsp3) is 0.471. The highest BCUT2D eigenvalue weighted by Crippen LogP contribution is 2.35. The van der Waals surface area contributed by atoms with Gasteiger partial charge in [-0.15, -0.1) is 0 Å². The number of methoxy groups -OCH3 is 1. The number of aliphatic hydroxyl groups is 4. The molecule has 0 aliphatic carbocycles. The standard InChI is InChI=1S/C17H22I3N3O8/c1-31-6-9(28)23-15-13(19)10(16(29)21-2-7(26)4-24)12(18)11(14(15)20)17(30)22-3-8(27)5-25/h7-8,24-27H,2-6H2,1H3,(H,21,29)(H,22,30)(H,23,28). The number of anilines is 1. The van der Waals surface area contributed by atoms with Gasteiger partial charge in [-0.1, -0.05) is 0 Å². The van der Waals surface area contributed by atoms with Gasteiger partial charge >= 0.3 is 0 Å². The molecule has 2 atom stereocenters. The molecule has 0 saturated carbocycles. The molecule has 0 heterocycles. The van der Waals surface area contributed by atoms with Crippen LogP contribution in [0.25, 0.3) is 0 Å². The molecule has 0 aliphatic rings. The molecule has 0 saturated heterocycles. The molecular formula is C17H22I3N3O8. The maximum Gasteiger partial charge on any atom is 0.253 e. The molecule has 3 amide bonds. The first-order valence-electron chi connectivity index (χ1n) is 8.72. The molecule has 1 aromatic carbocycles. The van der Waals surface area contributed by atoms with Gasteiger partial charge in [0, 0.05) is 23.8 Å². The van der Waals surface area contributed by atoms with Crippen molar-refractivity contribution in [1.82, 2.24) is 10.6 Å². The molecule has 0 bridgehead atoms. The molecule has 1 aromatic rings. The van der Waals surface area contributed by atoms with Gasteiger partial charge in [0.15, 0.2) is 0 Å². The minimum Gasteiger partial charge on any atom is -0.394 e. The molecule has 11 nitrogen and oxygen atoms in total. The van der Waals surface area contributed by atoms with Crippen LogP contribution in [-0.4, -0.2) is 90.4 Å². The number of rotatable bonds is 11. The Balaban J connectivity index is 3.48. The van der Waals surface area contributed by atoms with Crippen molar-refractivity contribution in [3.8, 4) is 0 Å². The molecule has 0 aliphatic heterocycles. The van der Waals surface area contributed by atoms with E-state index in [4.69, 9.17) is 14.9 Å².